The highest BCUT2D eigenvalue weighted by atomic mass is 16.5. The Hall–Kier alpha value is -4.14. The molecule has 0 saturated heterocycles. The topological polar surface area (TPSA) is 125 Å². The number of nitrogens with one attached hydrogen (secondary N) is 2. The molecule has 9 heteroatoms. The van der Waals surface area contributed by atoms with Gasteiger partial charge in [-0.25, -0.2) is 9.59 Å². The molecule has 35 heavy (non-hydrogen) atoms. The van der Waals surface area contributed by atoms with Gasteiger partial charge < -0.3 is 14.7 Å². The number of carbonyl (C=O) groups is 3. The number of carbonyl (C=O) groups excluding carboxylic acids is 2. The van der Waals surface area contributed by atoms with Crippen molar-refractivity contribution in [2.75, 3.05) is 19.0 Å². The number of H-pyrrole nitrogens is 1. The Morgan fingerprint density at radius 3 is 2.29 bits per heavy atom. The van der Waals surface area contributed by atoms with E-state index >= 15 is 0 Å². The Labute approximate surface area is 202 Å². The highest BCUT2D eigenvalue weighted by Gasteiger charge is 2.47. The zero-order valence-corrected chi connectivity index (χ0v) is 19.3. The lowest BCUT2D eigenvalue weighted by Gasteiger charge is -2.34. The Morgan fingerprint density at radius 2 is 1.69 bits per heavy atom. The van der Waals surface area contributed by atoms with Gasteiger partial charge in [0.2, 0.25) is 0 Å². The molecule has 180 valence electrons. The highest BCUT2D eigenvalue weighted by molar-refractivity contribution is 5.97. The number of benzene rings is 2. The van der Waals surface area contributed by atoms with E-state index in [2.05, 4.69) is 27.6 Å². The van der Waals surface area contributed by atoms with Crippen LogP contribution in [0.4, 0.5) is 10.6 Å². The van der Waals surface area contributed by atoms with Gasteiger partial charge in [-0.15, -0.1) is 0 Å². The maximum atomic E-state index is 12.9. The van der Waals surface area contributed by atoms with E-state index in [0.717, 1.165) is 35.1 Å². The molecule has 9 nitrogen and oxygen atoms in total. The molecule has 1 saturated carbocycles. The second-order valence-corrected chi connectivity index (χ2v) is 9.03. The van der Waals surface area contributed by atoms with Gasteiger partial charge in [-0.1, -0.05) is 61.4 Å². The number of likely N-dealkylation sites (N-methyl/N-ethyl adjacent to an activating group) is 1. The molecule has 2 amide bonds. The third-order valence-corrected chi connectivity index (χ3v) is 7.16. The SMILES string of the molecule is CN(C(=O)c1cc(NC(=O)OCC2c3ccccc3-c3ccccc32)n[nH]1)C1(C(=O)O)CCCC1. The van der Waals surface area contributed by atoms with Gasteiger partial charge in [0.1, 0.15) is 17.8 Å². The summed E-state index contributed by atoms with van der Waals surface area (Å²) in [4.78, 5) is 38.6. The van der Waals surface area contributed by atoms with Crippen LogP contribution in [0.5, 0.6) is 0 Å². The molecule has 2 aromatic carbocycles. The summed E-state index contributed by atoms with van der Waals surface area (Å²) in [5, 5.41) is 18.8. The van der Waals surface area contributed by atoms with Crippen molar-refractivity contribution in [3.05, 3.63) is 71.4 Å². The lowest BCUT2D eigenvalue weighted by molar-refractivity contribution is -0.148. The smallest absolute Gasteiger partial charge is 0.412 e. The molecular formula is C26H26N4O5. The fourth-order valence-corrected chi connectivity index (χ4v) is 5.26. The predicted octanol–water partition coefficient (Wildman–Crippen LogP) is 4.24. The minimum Gasteiger partial charge on any atom is -0.479 e. The first-order chi connectivity index (χ1) is 16.9. The maximum absolute atomic E-state index is 12.9. The molecule has 3 N–H and O–H groups in total. The van der Waals surface area contributed by atoms with E-state index in [1.165, 1.54) is 18.0 Å². The van der Waals surface area contributed by atoms with Crippen LogP contribution >= 0.6 is 0 Å². The van der Waals surface area contributed by atoms with Gasteiger partial charge >= 0.3 is 12.1 Å². The summed E-state index contributed by atoms with van der Waals surface area (Å²) in [5.74, 6) is -1.46. The monoisotopic (exact) mass is 474 g/mol. The lowest BCUT2D eigenvalue weighted by atomic mass is 9.95. The normalized spacial score (nSPS) is 15.8. The molecular weight excluding hydrogens is 448 g/mol. The lowest BCUT2D eigenvalue weighted by Crippen LogP contribution is -2.53. The van der Waals surface area contributed by atoms with E-state index in [1.807, 2.05) is 36.4 Å². The summed E-state index contributed by atoms with van der Waals surface area (Å²) in [6, 6.07) is 17.5. The third-order valence-electron chi connectivity index (χ3n) is 7.16. The van der Waals surface area contributed by atoms with Gasteiger partial charge in [0, 0.05) is 19.0 Å². The number of carboxylic acid groups (broad SMARTS) is 1. The molecule has 0 aliphatic heterocycles. The molecule has 1 heterocycles. The van der Waals surface area contributed by atoms with Crippen molar-refractivity contribution in [3.8, 4) is 11.1 Å². The summed E-state index contributed by atoms with van der Waals surface area (Å²) < 4.78 is 5.51. The predicted molar refractivity (Wildman–Crippen MR) is 128 cm³/mol. The number of aromatic nitrogens is 2. The minimum absolute atomic E-state index is 0.0725. The molecule has 1 aromatic heterocycles. The number of carboxylic acids is 1. The second-order valence-electron chi connectivity index (χ2n) is 9.03. The number of hydrogen-bond acceptors (Lipinski definition) is 5. The summed E-state index contributed by atoms with van der Waals surface area (Å²) in [7, 11) is 1.49. The highest BCUT2D eigenvalue weighted by Crippen LogP contribution is 2.44. The first-order valence-electron chi connectivity index (χ1n) is 11.6. The van der Waals surface area contributed by atoms with Crippen molar-refractivity contribution in [1.29, 1.82) is 0 Å². The van der Waals surface area contributed by atoms with Gasteiger partial charge in [-0.3, -0.25) is 15.2 Å². The Bertz CT molecular complexity index is 1250. The number of aromatic amines is 1. The van der Waals surface area contributed by atoms with Crippen molar-refractivity contribution in [2.24, 2.45) is 0 Å². The number of nitrogens with zero attached hydrogens (tertiary/aromatic N) is 2. The zero-order valence-electron chi connectivity index (χ0n) is 19.3. The number of fused-ring (bicyclic) bond motifs is 3. The van der Waals surface area contributed by atoms with Crippen LogP contribution < -0.4 is 5.32 Å². The largest absolute Gasteiger partial charge is 0.479 e. The van der Waals surface area contributed by atoms with Crippen LogP contribution in [0.25, 0.3) is 11.1 Å². The van der Waals surface area contributed by atoms with E-state index in [0.29, 0.717) is 12.8 Å². The van der Waals surface area contributed by atoms with Gasteiger partial charge in [-0.2, -0.15) is 5.10 Å². The van der Waals surface area contributed by atoms with Crippen LogP contribution in [-0.2, 0) is 9.53 Å². The average Bonchev–Trinajstić information content (AvgIpc) is 3.60. The summed E-state index contributed by atoms with van der Waals surface area (Å²) in [5.41, 5.74) is 3.36. The van der Waals surface area contributed by atoms with Crippen molar-refractivity contribution >= 4 is 23.8 Å². The molecule has 0 atom stereocenters. The maximum Gasteiger partial charge on any atom is 0.412 e. The quantitative estimate of drug-likeness (QED) is 0.491. The second kappa shape index (κ2) is 8.90. The van der Waals surface area contributed by atoms with Crippen molar-refractivity contribution in [2.45, 2.75) is 37.1 Å². The van der Waals surface area contributed by atoms with E-state index in [-0.39, 0.29) is 24.0 Å². The van der Waals surface area contributed by atoms with Crippen LogP contribution in [0, 0.1) is 0 Å². The number of amides is 2. The van der Waals surface area contributed by atoms with Crippen LogP contribution in [0.1, 0.15) is 53.2 Å². The van der Waals surface area contributed by atoms with Crippen LogP contribution in [0.2, 0.25) is 0 Å². The number of rotatable bonds is 6. The van der Waals surface area contributed by atoms with Crippen molar-refractivity contribution in [1.82, 2.24) is 15.1 Å². The fourth-order valence-electron chi connectivity index (χ4n) is 5.26. The Kier molecular flexibility index (Phi) is 5.76. The number of hydrogen-bond donors (Lipinski definition) is 3. The molecule has 0 spiro atoms. The van der Waals surface area contributed by atoms with E-state index < -0.39 is 23.5 Å². The number of anilines is 1. The standard InChI is InChI=1S/C26H26N4O5/c1-30(26(24(32)33)12-6-7-13-26)23(31)21-14-22(29-28-21)27-25(34)35-15-20-18-10-4-2-8-16(18)17-9-3-5-11-19(17)20/h2-5,8-11,14,20H,6-7,12-13,15H2,1H3,(H,32,33)(H2,27,28,29,34). The van der Waals surface area contributed by atoms with Crippen LogP contribution in [0.3, 0.4) is 0 Å². The third kappa shape index (κ3) is 3.92. The molecule has 3 aromatic rings. The molecule has 5 rings (SSSR count). The molecule has 0 unspecified atom stereocenters. The average molecular weight is 475 g/mol. The van der Waals surface area contributed by atoms with Crippen LogP contribution in [-0.4, -0.2) is 57.4 Å². The minimum atomic E-state index is -1.22. The van der Waals surface area contributed by atoms with E-state index in [4.69, 9.17) is 4.74 Å². The molecule has 2 aliphatic rings. The van der Waals surface area contributed by atoms with Gasteiger partial charge in [0.15, 0.2) is 5.82 Å². The Balaban J connectivity index is 1.23. The van der Waals surface area contributed by atoms with E-state index in [1.54, 1.807) is 0 Å². The fraction of sp³-hybridized carbons (Fsp3) is 0.308. The summed E-state index contributed by atoms with van der Waals surface area (Å²) >= 11 is 0. The van der Waals surface area contributed by atoms with Gasteiger partial charge in [-0.05, 0) is 35.1 Å². The van der Waals surface area contributed by atoms with Gasteiger partial charge in [0.25, 0.3) is 5.91 Å². The Morgan fingerprint density at radius 1 is 1.09 bits per heavy atom. The summed E-state index contributed by atoms with van der Waals surface area (Å²) in [6.45, 7) is 0.153. The van der Waals surface area contributed by atoms with E-state index in [9.17, 15) is 19.5 Å². The van der Waals surface area contributed by atoms with Crippen molar-refractivity contribution < 1.29 is 24.2 Å². The van der Waals surface area contributed by atoms with Gasteiger partial charge in [0.05, 0.1) is 0 Å². The number of ether oxygens (including phenoxy) is 1. The van der Waals surface area contributed by atoms with Crippen LogP contribution in [0.15, 0.2) is 54.6 Å². The zero-order chi connectivity index (χ0) is 24.6. The first-order valence-corrected chi connectivity index (χ1v) is 11.6. The number of aliphatic carboxylic acids is 1. The molecule has 1 fully saturated rings. The molecule has 2 aliphatic carbocycles. The summed E-state index contributed by atoms with van der Waals surface area (Å²) in [6.07, 6.45) is 1.62. The van der Waals surface area contributed by atoms with Crippen molar-refractivity contribution in [3.63, 3.8) is 0 Å². The molecule has 0 bridgehead atoms. The first kappa shape index (κ1) is 22.6. The molecule has 0 radical (unpaired) electrons.